The lowest BCUT2D eigenvalue weighted by Gasteiger charge is -2.21. The number of esters is 2. The number of hydrogen-bond donors (Lipinski definition) is 1. The third-order valence-corrected chi connectivity index (χ3v) is 4.05. The average molecular weight is 322 g/mol. The van der Waals surface area contributed by atoms with Crippen molar-refractivity contribution < 1.29 is 33.1 Å². The highest BCUT2D eigenvalue weighted by Gasteiger charge is 2.54. The summed E-state index contributed by atoms with van der Waals surface area (Å²) in [6.45, 7) is 2.67. The molecule has 2 atom stereocenters. The number of hydrogen-bond acceptors (Lipinski definition) is 6. The van der Waals surface area contributed by atoms with E-state index in [4.69, 9.17) is 14.1 Å². The summed E-state index contributed by atoms with van der Waals surface area (Å²) in [4.78, 5) is 23.4. The first kappa shape index (κ1) is 15.8. The van der Waals surface area contributed by atoms with E-state index in [-0.39, 0.29) is 29.0 Å². The number of carbonyl (C=O) groups is 2. The zero-order valence-electron chi connectivity index (χ0n) is 12.7. The molecule has 1 fully saturated rings. The number of halogens is 1. The molecule has 1 aromatic rings. The summed E-state index contributed by atoms with van der Waals surface area (Å²) < 4.78 is 28.9. The topological polar surface area (TPSA) is 82.1 Å². The van der Waals surface area contributed by atoms with Crippen LogP contribution in [0.4, 0.5) is 4.39 Å². The highest BCUT2D eigenvalue weighted by atomic mass is 19.1. The van der Waals surface area contributed by atoms with Gasteiger partial charge in [-0.05, 0) is 24.0 Å². The highest BCUT2D eigenvalue weighted by Crippen LogP contribution is 2.60. The maximum Gasteiger partial charge on any atom is 0.526 e. The Hall–Kier alpha value is -2.09. The summed E-state index contributed by atoms with van der Waals surface area (Å²) in [5.41, 5.74) is 0.306. The smallest absolute Gasteiger partial charge is 0.526 e. The van der Waals surface area contributed by atoms with Crippen LogP contribution in [0.25, 0.3) is 0 Å². The molecular formula is C15H16BFO6. The van der Waals surface area contributed by atoms with Gasteiger partial charge in [-0.15, -0.1) is 0 Å². The molecule has 23 heavy (non-hydrogen) atoms. The Morgan fingerprint density at radius 3 is 2.87 bits per heavy atom. The fourth-order valence-corrected chi connectivity index (χ4v) is 2.66. The molecule has 1 heterocycles. The van der Waals surface area contributed by atoms with Crippen LogP contribution in [0, 0.1) is 11.7 Å². The van der Waals surface area contributed by atoms with Gasteiger partial charge in [0.2, 0.25) is 6.79 Å². The number of rotatable bonds is 4. The summed E-state index contributed by atoms with van der Waals surface area (Å²) in [6.07, 6.45) is 0.736. The molecule has 6 nitrogen and oxygen atoms in total. The Morgan fingerprint density at radius 2 is 2.17 bits per heavy atom. The molecule has 1 aliphatic heterocycles. The molecular weight excluding hydrogens is 306 g/mol. The lowest BCUT2D eigenvalue weighted by molar-refractivity contribution is -0.155. The second-order valence-corrected chi connectivity index (χ2v) is 6.02. The second kappa shape index (κ2) is 5.84. The van der Waals surface area contributed by atoms with Gasteiger partial charge in [-0.1, -0.05) is 19.9 Å². The van der Waals surface area contributed by atoms with Gasteiger partial charge in [0.05, 0.1) is 5.92 Å². The van der Waals surface area contributed by atoms with Crippen LogP contribution in [0.5, 0.6) is 5.75 Å². The number of benzene rings is 1. The fraction of sp³-hybridized carbons (Fsp3) is 0.467. The van der Waals surface area contributed by atoms with Crippen LogP contribution in [-0.2, 0) is 14.3 Å². The van der Waals surface area contributed by atoms with Crippen LogP contribution in [0.3, 0.4) is 0 Å². The minimum Gasteiger partial charge on any atom is -0.535 e. The number of fused-ring (bicyclic) bond motifs is 3. The van der Waals surface area contributed by atoms with E-state index < -0.39 is 31.7 Å². The normalized spacial score (nSPS) is 21.2. The van der Waals surface area contributed by atoms with E-state index in [0.29, 0.717) is 5.56 Å². The van der Waals surface area contributed by atoms with Gasteiger partial charge in [0.25, 0.3) is 0 Å². The first-order valence-electron chi connectivity index (χ1n) is 7.41. The molecule has 2 aliphatic rings. The fourth-order valence-electron chi connectivity index (χ4n) is 2.66. The van der Waals surface area contributed by atoms with E-state index in [1.807, 2.05) is 0 Å². The monoisotopic (exact) mass is 322 g/mol. The van der Waals surface area contributed by atoms with Crippen molar-refractivity contribution in [3.05, 3.63) is 29.1 Å². The van der Waals surface area contributed by atoms with Crippen molar-refractivity contribution in [1.29, 1.82) is 0 Å². The summed E-state index contributed by atoms with van der Waals surface area (Å²) in [5.74, 6) is -2.63. The largest absolute Gasteiger partial charge is 0.535 e. The van der Waals surface area contributed by atoms with E-state index in [1.165, 1.54) is 6.07 Å². The zero-order valence-corrected chi connectivity index (χ0v) is 12.7. The zero-order chi connectivity index (χ0) is 16.7. The maximum absolute atomic E-state index is 14.0. The van der Waals surface area contributed by atoms with Crippen molar-refractivity contribution in [3.8, 4) is 5.75 Å². The molecule has 1 aromatic carbocycles. The van der Waals surface area contributed by atoms with Crippen molar-refractivity contribution in [2.45, 2.75) is 32.0 Å². The first-order valence-corrected chi connectivity index (χ1v) is 7.41. The van der Waals surface area contributed by atoms with E-state index in [9.17, 15) is 19.0 Å². The first-order chi connectivity index (χ1) is 10.9. The number of ether oxygens (including phenoxy) is 2. The van der Waals surface area contributed by atoms with Crippen LogP contribution in [0.15, 0.2) is 12.1 Å². The average Bonchev–Trinajstić information content (AvgIpc) is 3.27. The third kappa shape index (κ3) is 2.90. The van der Waals surface area contributed by atoms with Crippen LogP contribution in [-0.4, -0.2) is 30.9 Å². The van der Waals surface area contributed by atoms with Crippen LogP contribution in [0.1, 0.15) is 42.1 Å². The quantitative estimate of drug-likeness (QED) is 0.518. The Labute approximate surface area is 132 Å². The van der Waals surface area contributed by atoms with Crippen LogP contribution in [0.2, 0.25) is 5.82 Å². The molecule has 0 spiro atoms. The van der Waals surface area contributed by atoms with Crippen LogP contribution >= 0.6 is 0 Å². The van der Waals surface area contributed by atoms with Crippen molar-refractivity contribution in [1.82, 2.24) is 0 Å². The van der Waals surface area contributed by atoms with Gasteiger partial charge in [-0.2, -0.15) is 0 Å². The van der Waals surface area contributed by atoms with Crippen LogP contribution < -0.4 is 4.65 Å². The van der Waals surface area contributed by atoms with Gasteiger partial charge in [-0.25, -0.2) is 9.18 Å². The van der Waals surface area contributed by atoms with Gasteiger partial charge in [0, 0.05) is 5.82 Å². The van der Waals surface area contributed by atoms with E-state index >= 15 is 0 Å². The summed E-state index contributed by atoms with van der Waals surface area (Å²) >= 11 is 0. The highest BCUT2D eigenvalue weighted by molar-refractivity contribution is 6.48. The molecule has 8 heteroatoms. The van der Waals surface area contributed by atoms with E-state index in [1.54, 1.807) is 19.9 Å². The number of carbonyl (C=O) groups excluding carboxylic acids is 2. The summed E-state index contributed by atoms with van der Waals surface area (Å²) in [6, 6.07) is 2.72. The van der Waals surface area contributed by atoms with E-state index in [0.717, 1.165) is 6.42 Å². The summed E-state index contributed by atoms with van der Waals surface area (Å²) in [5, 5.41) is 9.81. The Balaban J connectivity index is 1.76. The van der Waals surface area contributed by atoms with Gasteiger partial charge >= 0.3 is 19.1 Å². The lowest BCUT2D eigenvalue weighted by atomic mass is 9.77. The Bertz CT molecular complexity index is 662. The van der Waals surface area contributed by atoms with Crippen molar-refractivity contribution in [3.63, 3.8) is 0 Å². The van der Waals surface area contributed by atoms with Crippen molar-refractivity contribution >= 4 is 19.1 Å². The predicted octanol–water partition coefficient (Wildman–Crippen LogP) is 1.87. The van der Waals surface area contributed by atoms with Gasteiger partial charge < -0.3 is 19.2 Å². The summed E-state index contributed by atoms with van der Waals surface area (Å²) in [7, 11) is -1.06. The molecule has 0 unspecified atom stereocenters. The molecule has 1 saturated carbocycles. The molecule has 0 amide bonds. The molecule has 1 aliphatic carbocycles. The standard InChI is InChI=1S/C15H16BFO6/c1-7(2)14(18)21-6-22-15(19)12-11(17)4-3-8-9-5-10(9)16(20)23-13(8)12/h3-4,7,9-10,20H,5-6H2,1-2H3/t9-,10-/m0/s1. The molecule has 0 radical (unpaired) electrons. The third-order valence-electron chi connectivity index (χ3n) is 4.05. The van der Waals surface area contributed by atoms with Gasteiger partial charge in [-0.3, -0.25) is 4.79 Å². The molecule has 3 rings (SSSR count). The Kier molecular flexibility index (Phi) is 4.01. The minimum absolute atomic E-state index is 0.0103. The minimum atomic E-state index is -1.06. The molecule has 0 aromatic heterocycles. The van der Waals surface area contributed by atoms with Gasteiger partial charge in [0.1, 0.15) is 17.1 Å². The maximum atomic E-state index is 14.0. The van der Waals surface area contributed by atoms with Crippen molar-refractivity contribution in [2.24, 2.45) is 5.92 Å². The molecule has 1 N–H and O–H groups in total. The molecule has 0 bridgehead atoms. The predicted molar refractivity (Wildman–Crippen MR) is 77.3 cm³/mol. The van der Waals surface area contributed by atoms with Gasteiger partial charge in [0.15, 0.2) is 0 Å². The lowest BCUT2D eigenvalue weighted by Crippen LogP contribution is -2.28. The Morgan fingerprint density at radius 1 is 1.43 bits per heavy atom. The molecule has 0 saturated heterocycles. The molecule has 122 valence electrons. The SMILES string of the molecule is CC(C)C(=O)OCOC(=O)c1c(F)ccc2c1OB(O)[C@H]1C[C@@H]21. The van der Waals surface area contributed by atoms with Crippen molar-refractivity contribution in [2.75, 3.05) is 6.79 Å². The van der Waals surface area contributed by atoms with E-state index in [2.05, 4.69) is 0 Å². The second-order valence-electron chi connectivity index (χ2n) is 6.02.